The summed E-state index contributed by atoms with van der Waals surface area (Å²) >= 11 is 2.20. The molecule has 0 saturated carbocycles. The summed E-state index contributed by atoms with van der Waals surface area (Å²) in [4.78, 5) is 0. The second kappa shape index (κ2) is 3.63. The van der Waals surface area contributed by atoms with Gasteiger partial charge in [0.15, 0.2) is 0 Å². The van der Waals surface area contributed by atoms with Crippen LogP contribution in [0.15, 0.2) is 0 Å². The van der Waals surface area contributed by atoms with E-state index >= 15 is 0 Å². The van der Waals surface area contributed by atoms with Crippen molar-refractivity contribution in [2.45, 2.75) is 12.5 Å². The first-order chi connectivity index (χ1) is 3.93. The van der Waals surface area contributed by atoms with Gasteiger partial charge < -0.3 is 9.47 Å². The van der Waals surface area contributed by atoms with E-state index < -0.39 is 0 Å². The van der Waals surface area contributed by atoms with Gasteiger partial charge in [0.25, 0.3) is 0 Å². The SMILES string of the molecule is ICOC1CCOC1. The maximum absolute atomic E-state index is 5.26. The molecule has 1 fully saturated rings. The molecule has 1 heterocycles. The van der Waals surface area contributed by atoms with E-state index in [1.54, 1.807) is 0 Å². The molecular formula is C5H9IO2. The Morgan fingerprint density at radius 2 is 2.62 bits per heavy atom. The van der Waals surface area contributed by atoms with Crippen molar-refractivity contribution in [3.8, 4) is 0 Å². The summed E-state index contributed by atoms with van der Waals surface area (Å²) in [5.74, 6) is 0. The summed E-state index contributed by atoms with van der Waals surface area (Å²) in [5.41, 5.74) is 0. The van der Waals surface area contributed by atoms with Crippen molar-refractivity contribution in [1.29, 1.82) is 0 Å². The van der Waals surface area contributed by atoms with E-state index in [-0.39, 0.29) is 0 Å². The highest BCUT2D eigenvalue weighted by molar-refractivity contribution is 14.1. The van der Waals surface area contributed by atoms with Gasteiger partial charge in [0, 0.05) is 6.61 Å². The molecule has 2 nitrogen and oxygen atoms in total. The number of hydrogen-bond donors (Lipinski definition) is 0. The van der Waals surface area contributed by atoms with Gasteiger partial charge in [-0.15, -0.1) is 0 Å². The molecule has 0 aromatic rings. The molecule has 0 aromatic carbocycles. The molecule has 1 aliphatic rings. The lowest BCUT2D eigenvalue weighted by molar-refractivity contribution is 0.0776. The smallest absolute Gasteiger partial charge is 0.0984 e. The lowest BCUT2D eigenvalue weighted by Gasteiger charge is -2.03. The molecular weight excluding hydrogens is 219 g/mol. The summed E-state index contributed by atoms with van der Waals surface area (Å²) < 4.78 is 11.1. The Bertz CT molecular complexity index is 61.4. The van der Waals surface area contributed by atoms with E-state index in [9.17, 15) is 0 Å². The molecule has 0 spiro atoms. The molecule has 0 aromatic heterocycles. The number of halogens is 1. The van der Waals surface area contributed by atoms with Crippen LogP contribution in [0.3, 0.4) is 0 Å². The van der Waals surface area contributed by atoms with Crippen molar-refractivity contribution in [2.24, 2.45) is 0 Å². The summed E-state index contributed by atoms with van der Waals surface area (Å²) in [6, 6.07) is 0. The van der Waals surface area contributed by atoms with Crippen LogP contribution in [0.2, 0.25) is 0 Å². The van der Waals surface area contributed by atoms with Crippen LogP contribution in [0.5, 0.6) is 0 Å². The van der Waals surface area contributed by atoms with E-state index in [4.69, 9.17) is 9.47 Å². The van der Waals surface area contributed by atoms with Gasteiger partial charge in [-0.25, -0.2) is 0 Å². The van der Waals surface area contributed by atoms with Gasteiger partial charge in [-0.1, -0.05) is 22.6 Å². The van der Waals surface area contributed by atoms with Crippen LogP contribution in [0.4, 0.5) is 0 Å². The molecule has 1 rings (SSSR count). The van der Waals surface area contributed by atoms with E-state index in [1.165, 1.54) is 0 Å². The minimum atomic E-state index is 0.381. The zero-order chi connectivity index (χ0) is 5.82. The zero-order valence-corrected chi connectivity index (χ0v) is 6.76. The highest BCUT2D eigenvalue weighted by Gasteiger charge is 2.14. The minimum absolute atomic E-state index is 0.381. The van der Waals surface area contributed by atoms with Gasteiger partial charge in [0.1, 0.15) is 0 Å². The van der Waals surface area contributed by atoms with E-state index in [2.05, 4.69) is 22.6 Å². The average Bonchev–Trinajstić information content (AvgIpc) is 2.19. The van der Waals surface area contributed by atoms with Crippen molar-refractivity contribution in [2.75, 3.05) is 17.8 Å². The summed E-state index contributed by atoms with van der Waals surface area (Å²) in [5, 5.41) is 0. The molecule has 0 aliphatic carbocycles. The second-order valence-electron chi connectivity index (χ2n) is 1.76. The predicted molar refractivity (Wildman–Crippen MR) is 39.2 cm³/mol. The van der Waals surface area contributed by atoms with Crippen LogP contribution in [-0.2, 0) is 9.47 Å². The quantitative estimate of drug-likeness (QED) is 0.522. The van der Waals surface area contributed by atoms with Gasteiger partial charge in [-0.3, -0.25) is 0 Å². The van der Waals surface area contributed by atoms with Crippen LogP contribution in [-0.4, -0.2) is 23.9 Å². The lowest BCUT2D eigenvalue weighted by atomic mass is 10.3. The first-order valence-corrected chi connectivity index (χ1v) is 4.21. The Morgan fingerprint density at radius 1 is 1.75 bits per heavy atom. The average molecular weight is 228 g/mol. The Morgan fingerprint density at radius 3 is 3.12 bits per heavy atom. The molecule has 1 saturated heterocycles. The summed E-state index contributed by atoms with van der Waals surface area (Å²) in [7, 11) is 0. The fraction of sp³-hybridized carbons (Fsp3) is 1.00. The minimum Gasteiger partial charge on any atom is -0.379 e. The van der Waals surface area contributed by atoms with Gasteiger partial charge in [0.05, 0.1) is 17.3 Å². The summed E-state index contributed by atoms with van der Waals surface area (Å²) in [6.07, 6.45) is 1.45. The van der Waals surface area contributed by atoms with Crippen molar-refractivity contribution >= 4 is 22.6 Å². The van der Waals surface area contributed by atoms with Gasteiger partial charge >= 0.3 is 0 Å². The van der Waals surface area contributed by atoms with Crippen molar-refractivity contribution in [1.82, 2.24) is 0 Å². The number of hydrogen-bond acceptors (Lipinski definition) is 2. The molecule has 3 heteroatoms. The Labute approximate surface area is 62.7 Å². The Hall–Kier alpha value is 0.650. The topological polar surface area (TPSA) is 18.5 Å². The van der Waals surface area contributed by atoms with Crippen LogP contribution in [0.25, 0.3) is 0 Å². The molecule has 0 amide bonds. The van der Waals surface area contributed by atoms with Gasteiger partial charge in [-0.05, 0) is 6.42 Å². The molecule has 48 valence electrons. The number of ether oxygens (including phenoxy) is 2. The second-order valence-corrected chi connectivity index (χ2v) is 2.38. The van der Waals surface area contributed by atoms with Crippen molar-refractivity contribution in [3.05, 3.63) is 0 Å². The summed E-state index contributed by atoms with van der Waals surface area (Å²) in [6.45, 7) is 1.67. The third-order valence-corrected chi connectivity index (χ3v) is 1.55. The highest BCUT2D eigenvalue weighted by atomic mass is 127. The maximum Gasteiger partial charge on any atom is 0.0984 e. The first kappa shape index (κ1) is 6.77. The maximum atomic E-state index is 5.26. The largest absolute Gasteiger partial charge is 0.379 e. The van der Waals surface area contributed by atoms with Crippen LogP contribution >= 0.6 is 22.6 Å². The van der Waals surface area contributed by atoms with Crippen LogP contribution in [0.1, 0.15) is 6.42 Å². The zero-order valence-electron chi connectivity index (χ0n) is 4.60. The van der Waals surface area contributed by atoms with Crippen molar-refractivity contribution in [3.63, 3.8) is 0 Å². The van der Waals surface area contributed by atoms with E-state index in [0.717, 1.165) is 24.2 Å². The Balaban J connectivity index is 2.06. The van der Waals surface area contributed by atoms with Crippen LogP contribution in [0, 0.1) is 0 Å². The predicted octanol–water partition coefficient (Wildman–Crippen LogP) is 1.18. The third kappa shape index (κ3) is 1.87. The highest BCUT2D eigenvalue weighted by Crippen LogP contribution is 2.08. The fourth-order valence-electron chi connectivity index (χ4n) is 0.733. The molecule has 1 unspecified atom stereocenters. The lowest BCUT2D eigenvalue weighted by Crippen LogP contribution is -2.10. The molecule has 1 aliphatic heterocycles. The standard InChI is InChI=1S/C5H9IO2/c6-4-8-5-1-2-7-3-5/h5H,1-4H2. The molecule has 8 heavy (non-hydrogen) atoms. The molecule has 1 atom stereocenters. The van der Waals surface area contributed by atoms with Crippen molar-refractivity contribution < 1.29 is 9.47 Å². The monoisotopic (exact) mass is 228 g/mol. The number of alkyl halides is 1. The third-order valence-electron chi connectivity index (χ3n) is 1.19. The van der Waals surface area contributed by atoms with Gasteiger partial charge in [0.2, 0.25) is 0 Å². The van der Waals surface area contributed by atoms with E-state index in [1.807, 2.05) is 0 Å². The number of rotatable bonds is 2. The van der Waals surface area contributed by atoms with Gasteiger partial charge in [-0.2, -0.15) is 0 Å². The molecule has 0 bridgehead atoms. The fourth-order valence-corrected chi connectivity index (χ4v) is 1.24. The molecule has 0 N–H and O–H groups in total. The normalized spacial score (nSPS) is 28.9. The van der Waals surface area contributed by atoms with E-state index in [0.29, 0.717) is 6.10 Å². The first-order valence-electron chi connectivity index (χ1n) is 2.69. The Kier molecular flexibility index (Phi) is 3.07. The van der Waals surface area contributed by atoms with Crippen LogP contribution < -0.4 is 0 Å². The molecule has 0 radical (unpaired) electrons.